The number of amides is 1. The zero-order valence-electron chi connectivity index (χ0n) is 15.5. The number of benzene rings is 1. The van der Waals surface area contributed by atoms with Crippen LogP contribution in [-0.4, -0.2) is 21.7 Å². The summed E-state index contributed by atoms with van der Waals surface area (Å²) >= 11 is 1.59. The van der Waals surface area contributed by atoms with Crippen molar-refractivity contribution < 1.29 is 14.3 Å². The van der Waals surface area contributed by atoms with Crippen LogP contribution in [0.5, 0.6) is 5.75 Å². The Morgan fingerprint density at radius 3 is 2.89 bits per heavy atom. The van der Waals surface area contributed by atoms with Crippen LogP contribution < -0.4 is 10.1 Å². The molecule has 0 fully saturated rings. The molecule has 1 N–H and O–H groups in total. The lowest BCUT2D eigenvalue weighted by molar-refractivity contribution is -0.111. The number of aryl methyl sites for hydroxylation is 1. The van der Waals surface area contributed by atoms with Gasteiger partial charge in [-0.15, -0.1) is 11.3 Å². The van der Waals surface area contributed by atoms with E-state index in [9.17, 15) is 9.59 Å². The summed E-state index contributed by atoms with van der Waals surface area (Å²) in [6.45, 7) is 3.78. The standard InChI is InChI=1S/C21H19N3O3S/c1-14(25)19-11-22-9-8-20(19)24-21(26)7-6-16-4-3-5-18(10-16)27-12-17-13-28-15(2)23-17/h3-11,13H,12H2,1-2H3,(H,22,24,26)/b7-6+. The molecule has 2 heterocycles. The van der Waals surface area contributed by atoms with Gasteiger partial charge < -0.3 is 10.1 Å². The first kappa shape index (κ1) is 19.4. The van der Waals surface area contributed by atoms with Crippen molar-refractivity contribution in [3.05, 3.63) is 76.0 Å². The molecule has 0 bridgehead atoms. The van der Waals surface area contributed by atoms with Crippen molar-refractivity contribution in [1.82, 2.24) is 9.97 Å². The van der Waals surface area contributed by atoms with Crippen LogP contribution in [0.2, 0.25) is 0 Å². The van der Waals surface area contributed by atoms with E-state index in [1.807, 2.05) is 36.6 Å². The van der Waals surface area contributed by atoms with Gasteiger partial charge in [-0.3, -0.25) is 14.6 Å². The maximum atomic E-state index is 12.2. The molecule has 0 aliphatic rings. The highest BCUT2D eigenvalue weighted by molar-refractivity contribution is 7.09. The number of Topliss-reactive ketones (excluding diaryl/α,β-unsaturated/α-hetero) is 1. The Morgan fingerprint density at radius 2 is 2.14 bits per heavy atom. The first-order chi connectivity index (χ1) is 13.5. The van der Waals surface area contributed by atoms with Gasteiger partial charge in [-0.1, -0.05) is 12.1 Å². The van der Waals surface area contributed by atoms with Crippen LogP contribution in [0.4, 0.5) is 5.69 Å². The van der Waals surface area contributed by atoms with Gasteiger partial charge in [0.1, 0.15) is 12.4 Å². The lowest BCUT2D eigenvalue weighted by Gasteiger charge is -2.06. The predicted molar refractivity (Wildman–Crippen MR) is 110 cm³/mol. The summed E-state index contributed by atoms with van der Waals surface area (Å²) in [5.74, 6) is 0.201. The minimum absolute atomic E-state index is 0.160. The van der Waals surface area contributed by atoms with E-state index in [2.05, 4.69) is 15.3 Å². The number of thiazole rings is 1. The summed E-state index contributed by atoms with van der Waals surface area (Å²) < 4.78 is 5.76. The number of carbonyl (C=O) groups is 2. The van der Waals surface area contributed by atoms with Crippen molar-refractivity contribution in [3.8, 4) is 5.75 Å². The normalized spacial score (nSPS) is 10.8. The van der Waals surface area contributed by atoms with E-state index >= 15 is 0 Å². The molecule has 3 aromatic rings. The Bertz CT molecular complexity index is 1030. The van der Waals surface area contributed by atoms with Crippen LogP contribution in [0.25, 0.3) is 6.08 Å². The second kappa shape index (κ2) is 9.05. The zero-order valence-corrected chi connectivity index (χ0v) is 16.3. The summed E-state index contributed by atoms with van der Waals surface area (Å²) in [6.07, 6.45) is 6.06. The van der Waals surface area contributed by atoms with Crippen molar-refractivity contribution in [2.24, 2.45) is 0 Å². The van der Waals surface area contributed by atoms with E-state index in [4.69, 9.17) is 4.74 Å². The van der Waals surface area contributed by atoms with Gasteiger partial charge in [0.15, 0.2) is 5.78 Å². The monoisotopic (exact) mass is 393 g/mol. The van der Waals surface area contributed by atoms with E-state index < -0.39 is 0 Å². The molecule has 3 rings (SSSR count). The lowest BCUT2D eigenvalue weighted by Crippen LogP contribution is -2.11. The number of nitrogens with one attached hydrogen (secondary N) is 1. The molecule has 7 heteroatoms. The Kier molecular flexibility index (Phi) is 6.29. The topological polar surface area (TPSA) is 81.2 Å². The molecule has 1 aromatic carbocycles. The van der Waals surface area contributed by atoms with E-state index in [0.29, 0.717) is 23.6 Å². The summed E-state index contributed by atoms with van der Waals surface area (Å²) in [6, 6.07) is 9.02. The number of pyridine rings is 1. The van der Waals surface area contributed by atoms with Gasteiger partial charge in [0.2, 0.25) is 5.91 Å². The zero-order chi connectivity index (χ0) is 19.9. The summed E-state index contributed by atoms with van der Waals surface area (Å²) in [7, 11) is 0. The van der Waals surface area contributed by atoms with Crippen LogP contribution in [-0.2, 0) is 11.4 Å². The van der Waals surface area contributed by atoms with Crippen LogP contribution >= 0.6 is 11.3 Å². The Labute approximate surface area is 166 Å². The Balaban J connectivity index is 1.62. The van der Waals surface area contributed by atoms with Gasteiger partial charge in [-0.25, -0.2) is 4.98 Å². The second-order valence-electron chi connectivity index (χ2n) is 6.02. The molecular formula is C21H19N3O3S. The van der Waals surface area contributed by atoms with E-state index in [1.165, 1.54) is 25.4 Å². The average Bonchev–Trinajstić information content (AvgIpc) is 3.11. The van der Waals surface area contributed by atoms with E-state index in [-0.39, 0.29) is 11.7 Å². The fourth-order valence-corrected chi connectivity index (χ4v) is 3.07. The minimum Gasteiger partial charge on any atom is -0.487 e. The molecule has 0 radical (unpaired) electrons. The number of ketones is 1. The molecule has 28 heavy (non-hydrogen) atoms. The van der Waals surface area contributed by atoms with E-state index in [0.717, 1.165) is 16.3 Å². The van der Waals surface area contributed by atoms with Crippen molar-refractivity contribution >= 4 is 34.8 Å². The number of ether oxygens (including phenoxy) is 1. The molecule has 2 aromatic heterocycles. The highest BCUT2D eigenvalue weighted by Crippen LogP contribution is 2.18. The van der Waals surface area contributed by atoms with Crippen molar-refractivity contribution in [3.63, 3.8) is 0 Å². The Hall–Kier alpha value is -3.32. The number of carbonyl (C=O) groups excluding carboxylic acids is 2. The molecule has 0 saturated heterocycles. The maximum Gasteiger partial charge on any atom is 0.248 e. The van der Waals surface area contributed by atoms with Crippen molar-refractivity contribution in [1.29, 1.82) is 0 Å². The van der Waals surface area contributed by atoms with Gasteiger partial charge in [-0.05, 0) is 43.7 Å². The number of aromatic nitrogens is 2. The highest BCUT2D eigenvalue weighted by Gasteiger charge is 2.08. The van der Waals surface area contributed by atoms with Gasteiger partial charge in [0.05, 0.1) is 22.0 Å². The van der Waals surface area contributed by atoms with Crippen LogP contribution in [0.1, 0.15) is 33.5 Å². The lowest BCUT2D eigenvalue weighted by atomic mass is 10.1. The SMILES string of the molecule is CC(=O)c1cnccc1NC(=O)/C=C/c1cccc(OCc2csc(C)n2)c1. The number of anilines is 1. The van der Waals surface area contributed by atoms with Crippen molar-refractivity contribution in [2.45, 2.75) is 20.5 Å². The molecular weight excluding hydrogens is 374 g/mol. The first-order valence-electron chi connectivity index (χ1n) is 8.59. The molecule has 6 nitrogen and oxygen atoms in total. The quantitative estimate of drug-likeness (QED) is 0.479. The maximum absolute atomic E-state index is 12.2. The minimum atomic E-state index is -0.335. The fourth-order valence-electron chi connectivity index (χ4n) is 2.47. The molecule has 0 spiro atoms. The molecule has 142 valence electrons. The van der Waals surface area contributed by atoms with Crippen LogP contribution in [0, 0.1) is 6.92 Å². The average molecular weight is 393 g/mol. The van der Waals surface area contributed by atoms with Crippen molar-refractivity contribution in [2.75, 3.05) is 5.32 Å². The summed E-state index contributed by atoms with van der Waals surface area (Å²) in [5.41, 5.74) is 2.52. The van der Waals surface area contributed by atoms with Crippen LogP contribution in [0.15, 0.2) is 54.2 Å². The van der Waals surface area contributed by atoms with Gasteiger partial charge in [-0.2, -0.15) is 0 Å². The second-order valence-corrected chi connectivity index (χ2v) is 7.08. The van der Waals surface area contributed by atoms with Gasteiger partial charge in [0.25, 0.3) is 0 Å². The first-order valence-corrected chi connectivity index (χ1v) is 9.47. The third kappa shape index (κ3) is 5.34. The van der Waals surface area contributed by atoms with Gasteiger partial charge in [0, 0.05) is 23.8 Å². The summed E-state index contributed by atoms with van der Waals surface area (Å²) in [5, 5.41) is 5.67. The predicted octanol–water partition coefficient (Wildman–Crippen LogP) is 4.28. The molecule has 0 aliphatic carbocycles. The summed E-state index contributed by atoms with van der Waals surface area (Å²) in [4.78, 5) is 32.1. The largest absolute Gasteiger partial charge is 0.487 e. The number of rotatable bonds is 7. The molecule has 0 atom stereocenters. The fraction of sp³-hybridized carbons (Fsp3) is 0.143. The third-order valence-electron chi connectivity index (χ3n) is 3.80. The molecule has 0 saturated carbocycles. The number of hydrogen-bond acceptors (Lipinski definition) is 6. The Morgan fingerprint density at radius 1 is 1.29 bits per heavy atom. The number of hydrogen-bond donors (Lipinski definition) is 1. The molecule has 0 aliphatic heterocycles. The van der Waals surface area contributed by atoms with E-state index in [1.54, 1.807) is 23.5 Å². The smallest absolute Gasteiger partial charge is 0.248 e. The van der Waals surface area contributed by atoms with Gasteiger partial charge >= 0.3 is 0 Å². The molecule has 0 unspecified atom stereocenters. The van der Waals surface area contributed by atoms with Crippen LogP contribution in [0.3, 0.4) is 0 Å². The molecule has 1 amide bonds. The number of nitrogens with zero attached hydrogens (tertiary/aromatic N) is 2. The highest BCUT2D eigenvalue weighted by atomic mass is 32.1. The third-order valence-corrected chi connectivity index (χ3v) is 4.62.